The van der Waals surface area contributed by atoms with Crippen molar-refractivity contribution >= 4 is 10.9 Å². The Hall–Kier alpha value is -4.06. The predicted octanol–water partition coefficient (Wildman–Crippen LogP) is 6.09. The van der Waals surface area contributed by atoms with Gasteiger partial charge in [-0.25, -0.2) is 9.37 Å². The molecule has 5 rings (SSSR count). The molecule has 6 heteroatoms. The van der Waals surface area contributed by atoms with Crippen LogP contribution in [-0.4, -0.2) is 26.9 Å². The van der Waals surface area contributed by atoms with E-state index in [-0.39, 0.29) is 11.7 Å². The van der Waals surface area contributed by atoms with Gasteiger partial charge in [0.1, 0.15) is 11.6 Å². The molecule has 0 amide bonds. The number of aryl methyl sites for hydroxylation is 1. The lowest BCUT2D eigenvalue weighted by Gasteiger charge is -2.16. The molecule has 0 aliphatic heterocycles. The fourth-order valence-electron chi connectivity index (χ4n) is 4.23. The summed E-state index contributed by atoms with van der Waals surface area (Å²) in [5.74, 6) is 0.542. The predicted molar refractivity (Wildman–Crippen MR) is 127 cm³/mol. The number of rotatable bonds is 5. The molecule has 0 fully saturated rings. The molecule has 3 aromatic carbocycles. The van der Waals surface area contributed by atoms with Crippen molar-refractivity contribution in [3.63, 3.8) is 0 Å². The van der Waals surface area contributed by atoms with Gasteiger partial charge in [0.05, 0.1) is 36.5 Å². The number of benzene rings is 3. The van der Waals surface area contributed by atoms with Gasteiger partial charge in [-0.2, -0.15) is 10.2 Å². The molecular weight excluding hydrogens is 415 g/mol. The topological polar surface area (TPSA) is 52.8 Å². The Morgan fingerprint density at radius 1 is 1.03 bits per heavy atom. The third-order valence-electron chi connectivity index (χ3n) is 6.02. The molecule has 0 radical (unpaired) electrons. The normalized spacial score (nSPS) is 12.1. The maximum atomic E-state index is 13.4. The van der Waals surface area contributed by atoms with Crippen LogP contribution in [0.1, 0.15) is 29.7 Å². The van der Waals surface area contributed by atoms with Gasteiger partial charge in [0.25, 0.3) is 0 Å². The second-order valence-corrected chi connectivity index (χ2v) is 8.08. The maximum Gasteiger partial charge on any atom is 0.143 e. The largest absolute Gasteiger partial charge is 0.495 e. The van der Waals surface area contributed by atoms with Crippen molar-refractivity contribution in [3.05, 3.63) is 102 Å². The minimum absolute atomic E-state index is 0.0419. The first-order valence-corrected chi connectivity index (χ1v) is 10.7. The molecule has 2 aromatic heterocycles. The van der Waals surface area contributed by atoms with E-state index in [9.17, 15) is 4.39 Å². The smallest absolute Gasteiger partial charge is 0.143 e. The monoisotopic (exact) mass is 438 g/mol. The summed E-state index contributed by atoms with van der Waals surface area (Å²) < 4.78 is 21.1. The Morgan fingerprint density at radius 3 is 2.58 bits per heavy atom. The minimum atomic E-state index is -0.241. The lowest BCUT2D eigenvalue weighted by Crippen LogP contribution is -2.00. The number of aromatic nitrogens is 4. The van der Waals surface area contributed by atoms with Crippen LogP contribution in [0, 0.1) is 12.7 Å². The van der Waals surface area contributed by atoms with E-state index in [0.29, 0.717) is 0 Å². The van der Waals surface area contributed by atoms with Gasteiger partial charge in [-0.15, -0.1) is 0 Å². The minimum Gasteiger partial charge on any atom is -0.495 e. The molecule has 0 saturated carbocycles. The van der Waals surface area contributed by atoms with Crippen LogP contribution in [0.25, 0.3) is 27.7 Å². The Labute approximate surface area is 191 Å². The second kappa shape index (κ2) is 8.47. The van der Waals surface area contributed by atoms with E-state index < -0.39 is 0 Å². The number of ether oxygens (including phenoxy) is 1. The average Bonchev–Trinajstić information content (AvgIpc) is 3.29. The lowest BCUT2D eigenvalue weighted by molar-refractivity contribution is 0.413. The molecule has 1 atom stereocenters. The summed E-state index contributed by atoms with van der Waals surface area (Å²) in [6, 6.07) is 18.8. The number of nitrogens with zero attached hydrogens (tertiary/aromatic N) is 4. The highest BCUT2D eigenvalue weighted by atomic mass is 19.1. The fraction of sp³-hybridized carbons (Fsp3) is 0.148. The van der Waals surface area contributed by atoms with E-state index in [1.807, 2.05) is 48.0 Å². The first-order chi connectivity index (χ1) is 16.0. The third-order valence-corrected chi connectivity index (χ3v) is 6.02. The summed E-state index contributed by atoms with van der Waals surface area (Å²) in [5, 5.41) is 9.79. The first-order valence-electron chi connectivity index (χ1n) is 10.7. The Balaban J connectivity index is 1.61. The number of hydrogen-bond donors (Lipinski definition) is 0. The van der Waals surface area contributed by atoms with E-state index in [0.717, 1.165) is 50.3 Å². The molecule has 2 heterocycles. The number of hydrogen-bond acceptors (Lipinski definition) is 4. The van der Waals surface area contributed by atoms with Crippen LogP contribution in [0.5, 0.6) is 5.75 Å². The van der Waals surface area contributed by atoms with E-state index in [4.69, 9.17) is 4.74 Å². The van der Waals surface area contributed by atoms with Gasteiger partial charge in [-0.3, -0.25) is 0 Å². The van der Waals surface area contributed by atoms with Gasteiger partial charge in [0.15, 0.2) is 0 Å². The van der Waals surface area contributed by atoms with Crippen molar-refractivity contribution in [2.45, 2.75) is 19.8 Å². The summed E-state index contributed by atoms with van der Waals surface area (Å²) in [7, 11) is 1.66. The Morgan fingerprint density at radius 2 is 1.85 bits per heavy atom. The van der Waals surface area contributed by atoms with Crippen molar-refractivity contribution in [2.75, 3.05) is 7.11 Å². The molecule has 5 nitrogen and oxygen atoms in total. The van der Waals surface area contributed by atoms with Crippen molar-refractivity contribution in [1.29, 1.82) is 0 Å². The van der Waals surface area contributed by atoms with Gasteiger partial charge in [0, 0.05) is 23.1 Å². The standard InChI is InChI=1S/C27H23FN4O/c1-17-15-32(16-29-17)25-12-9-20(13-26(25)33-3)24-14-30-31-27-22(5-4-6-23(24)27)18(2)19-7-10-21(28)11-8-19/h4-16,18H,1-3H3. The molecular formula is C27H23FN4O. The summed E-state index contributed by atoms with van der Waals surface area (Å²) >= 11 is 0. The highest BCUT2D eigenvalue weighted by Crippen LogP contribution is 2.36. The molecule has 0 aliphatic carbocycles. The van der Waals surface area contributed by atoms with Crippen LogP contribution in [0.4, 0.5) is 4.39 Å². The van der Waals surface area contributed by atoms with Crippen molar-refractivity contribution < 1.29 is 9.13 Å². The molecule has 0 bridgehead atoms. The van der Waals surface area contributed by atoms with E-state index >= 15 is 0 Å². The van der Waals surface area contributed by atoms with Crippen LogP contribution >= 0.6 is 0 Å². The zero-order valence-corrected chi connectivity index (χ0v) is 18.7. The summed E-state index contributed by atoms with van der Waals surface area (Å²) in [6.45, 7) is 4.05. The molecule has 0 spiro atoms. The van der Waals surface area contributed by atoms with Gasteiger partial charge in [-0.05, 0) is 47.9 Å². The lowest BCUT2D eigenvalue weighted by atomic mass is 9.90. The van der Waals surface area contributed by atoms with Crippen molar-refractivity contribution in [3.8, 4) is 22.6 Å². The number of methoxy groups -OCH3 is 1. The maximum absolute atomic E-state index is 13.4. The zero-order valence-electron chi connectivity index (χ0n) is 18.7. The average molecular weight is 439 g/mol. The molecule has 5 aromatic rings. The van der Waals surface area contributed by atoms with Crippen LogP contribution in [-0.2, 0) is 0 Å². The zero-order chi connectivity index (χ0) is 22.9. The van der Waals surface area contributed by atoms with Crippen LogP contribution < -0.4 is 4.74 Å². The molecule has 1 unspecified atom stereocenters. The van der Waals surface area contributed by atoms with Gasteiger partial charge in [0.2, 0.25) is 0 Å². The highest BCUT2D eigenvalue weighted by molar-refractivity contribution is 5.96. The molecule has 164 valence electrons. The third kappa shape index (κ3) is 3.84. The van der Waals surface area contributed by atoms with E-state index in [2.05, 4.69) is 40.3 Å². The molecule has 0 aliphatic rings. The molecule has 0 N–H and O–H groups in total. The van der Waals surface area contributed by atoms with Crippen molar-refractivity contribution in [2.24, 2.45) is 0 Å². The first kappa shape index (κ1) is 20.8. The van der Waals surface area contributed by atoms with Crippen molar-refractivity contribution in [1.82, 2.24) is 19.7 Å². The Bertz CT molecular complexity index is 1440. The van der Waals surface area contributed by atoms with Gasteiger partial charge in [-0.1, -0.05) is 43.3 Å². The fourth-order valence-corrected chi connectivity index (χ4v) is 4.23. The molecule has 33 heavy (non-hydrogen) atoms. The van der Waals surface area contributed by atoms with E-state index in [1.54, 1.807) is 19.6 Å². The highest BCUT2D eigenvalue weighted by Gasteiger charge is 2.16. The van der Waals surface area contributed by atoms with E-state index in [1.165, 1.54) is 12.1 Å². The quantitative estimate of drug-likeness (QED) is 0.333. The summed E-state index contributed by atoms with van der Waals surface area (Å²) in [5.41, 5.74) is 6.72. The number of halogens is 1. The van der Waals surface area contributed by atoms with Gasteiger partial charge < -0.3 is 9.30 Å². The number of imidazole rings is 1. The number of fused-ring (bicyclic) bond motifs is 1. The SMILES string of the molecule is COc1cc(-c2cnnc3c(C(C)c4ccc(F)cc4)cccc23)ccc1-n1cnc(C)c1. The van der Waals surface area contributed by atoms with Crippen LogP contribution in [0.2, 0.25) is 0 Å². The summed E-state index contributed by atoms with van der Waals surface area (Å²) in [4.78, 5) is 4.31. The van der Waals surface area contributed by atoms with Crippen LogP contribution in [0.15, 0.2) is 79.4 Å². The second-order valence-electron chi connectivity index (χ2n) is 8.08. The van der Waals surface area contributed by atoms with Gasteiger partial charge >= 0.3 is 0 Å². The Kier molecular flexibility index (Phi) is 5.34. The van der Waals surface area contributed by atoms with Crippen LogP contribution in [0.3, 0.4) is 0 Å². The summed E-state index contributed by atoms with van der Waals surface area (Å²) in [6.07, 6.45) is 5.52. The molecule has 0 saturated heterocycles.